The van der Waals surface area contributed by atoms with E-state index < -0.39 is 0 Å². The highest BCUT2D eigenvalue weighted by Crippen LogP contribution is 2.25. The van der Waals surface area contributed by atoms with Gasteiger partial charge in [0.2, 0.25) is 5.95 Å². The summed E-state index contributed by atoms with van der Waals surface area (Å²) in [6.07, 6.45) is 6.10. The Hall–Kier alpha value is -2.45. The van der Waals surface area contributed by atoms with Crippen LogP contribution in [0.15, 0.2) is 30.6 Å². The predicted octanol–water partition coefficient (Wildman–Crippen LogP) is 2.05. The fraction of sp³-hybridized carbons (Fsp3) is 0.524. The van der Waals surface area contributed by atoms with Crippen LogP contribution in [0.2, 0.25) is 0 Å². The summed E-state index contributed by atoms with van der Waals surface area (Å²) in [5, 5.41) is 9.28. The zero-order chi connectivity index (χ0) is 20.2. The lowest BCUT2D eigenvalue weighted by Crippen LogP contribution is -2.47. The van der Waals surface area contributed by atoms with Gasteiger partial charge in [-0.1, -0.05) is 12.1 Å². The van der Waals surface area contributed by atoms with Gasteiger partial charge in [-0.3, -0.25) is 0 Å². The van der Waals surface area contributed by atoms with Crippen molar-refractivity contribution >= 4 is 17.3 Å². The van der Waals surface area contributed by atoms with Crippen molar-refractivity contribution in [2.45, 2.75) is 25.6 Å². The predicted molar refractivity (Wildman–Crippen MR) is 111 cm³/mol. The van der Waals surface area contributed by atoms with E-state index in [1.807, 2.05) is 17.3 Å². The van der Waals surface area contributed by atoms with E-state index in [4.69, 9.17) is 4.74 Å². The summed E-state index contributed by atoms with van der Waals surface area (Å²) in [4.78, 5) is 15.6. The molecule has 1 aromatic heterocycles. The van der Waals surface area contributed by atoms with Crippen molar-refractivity contribution in [3.05, 3.63) is 42.0 Å². The molecule has 2 saturated heterocycles. The highest BCUT2D eigenvalue weighted by atomic mass is 19.1. The summed E-state index contributed by atoms with van der Waals surface area (Å²) >= 11 is 0. The normalized spacial score (nSPS) is 18.4. The molecule has 2 aromatic rings. The molecule has 0 spiro atoms. The zero-order valence-corrected chi connectivity index (χ0v) is 16.8. The lowest BCUT2D eigenvalue weighted by molar-refractivity contribution is 0.0816. The molecule has 4 rings (SSSR count). The SMILES string of the molecule is COC1CCN(c2ncc(N3CCN(c4cccc(CO)c4F)CC3)cn2)CC1. The van der Waals surface area contributed by atoms with E-state index in [-0.39, 0.29) is 12.4 Å². The number of benzene rings is 1. The second-order valence-corrected chi connectivity index (χ2v) is 7.55. The number of ether oxygens (including phenoxy) is 1. The Morgan fingerprint density at radius 3 is 2.28 bits per heavy atom. The smallest absolute Gasteiger partial charge is 0.225 e. The minimum atomic E-state index is -0.326. The number of nitrogens with zero attached hydrogens (tertiary/aromatic N) is 5. The first-order valence-corrected chi connectivity index (χ1v) is 10.2. The highest BCUT2D eigenvalue weighted by molar-refractivity contribution is 5.53. The molecular formula is C21H28FN5O2. The molecule has 0 aliphatic carbocycles. The average molecular weight is 401 g/mol. The Labute approximate surface area is 170 Å². The Morgan fingerprint density at radius 2 is 1.66 bits per heavy atom. The van der Waals surface area contributed by atoms with Crippen LogP contribution in [0, 0.1) is 5.82 Å². The maximum Gasteiger partial charge on any atom is 0.225 e. The average Bonchev–Trinajstić information content (AvgIpc) is 2.80. The van der Waals surface area contributed by atoms with Gasteiger partial charge in [0.15, 0.2) is 5.82 Å². The molecule has 0 saturated carbocycles. The number of anilines is 3. The largest absolute Gasteiger partial charge is 0.392 e. The van der Waals surface area contributed by atoms with Crippen LogP contribution in [0.5, 0.6) is 0 Å². The van der Waals surface area contributed by atoms with Gasteiger partial charge in [-0.2, -0.15) is 0 Å². The molecule has 0 atom stereocenters. The van der Waals surface area contributed by atoms with E-state index in [1.165, 1.54) is 0 Å². The molecule has 7 nitrogen and oxygen atoms in total. The molecule has 2 aliphatic rings. The van der Waals surface area contributed by atoms with Gasteiger partial charge in [-0.05, 0) is 18.9 Å². The summed E-state index contributed by atoms with van der Waals surface area (Å²) in [6, 6.07) is 5.18. The third-order valence-corrected chi connectivity index (χ3v) is 5.90. The van der Waals surface area contributed by atoms with Crippen LogP contribution in [0.1, 0.15) is 18.4 Å². The number of piperazine rings is 1. The topological polar surface area (TPSA) is 65.0 Å². The number of halogens is 1. The molecular weight excluding hydrogens is 373 g/mol. The van der Waals surface area contributed by atoms with Crippen LogP contribution in [0.25, 0.3) is 0 Å². The Morgan fingerprint density at radius 1 is 1.00 bits per heavy atom. The summed E-state index contributed by atoms with van der Waals surface area (Å²) in [7, 11) is 1.77. The van der Waals surface area contributed by atoms with Crippen molar-refractivity contribution in [2.75, 3.05) is 61.1 Å². The van der Waals surface area contributed by atoms with Gasteiger partial charge in [-0.15, -0.1) is 0 Å². The number of hydrogen-bond donors (Lipinski definition) is 1. The van der Waals surface area contributed by atoms with Gasteiger partial charge in [0.1, 0.15) is 0 Å². The van der Waals surface area contributed by atoms with E-state index in [0.29, 0.717) is 30.4 Å². The number of methoxy groups -OCH3 is 1. The third kappa shape index (κ3) is 4.28. The number of aromatic nitrogens is 2. The first kappa shape index (κ1) is 19.8. The molecule has 0 bridgehead atoms. The molecule has 0 unspecified atom stereocenters. The first-order chi connectivity index (χ1) is 14.2. The number of rotatable bonds is 5. The monoisotopic (exact) mass is 401 g/mol. The molecule has 2 aliphatic heterocycles. The standard InChI is InChI=1S/C21H28FN5O2/c1-29-18-5-7-27(8-6-18)21-23-13-17(14-24-21)25-9-11-26(12-10-25)19-4-2-3-16(15-28)20(19)22/h2-4,13-14,18,28H,5-12,15H2,1H3. The van der Waals surface area contributed by atoms with Crippen LogP contribution in [-0.2, 0) is 11.3 Å². The van der Waals surface area contributed by atoms with Gasteiger partial charge >= 0.3 is 0 Å². The second-order valence-electron chi connectivity index (χ2n) is 7.55. The molecule has 0 radical (unpaired) electrons. The Balaban J connectivity index is 1.35. The van der Waals surface area contributed by atoms with E-state index in [2.05, 4.69) is 19.8 Å². The van der Waals surface area contributed by atoms with Crippen molar-refractivity contribution in [1.82, 2.24) is 9.97 Å². The van der Waals surface area contributed by atoms with Crippen molar-refractivity contribution in [1.29, 1.82) is 0 Å². The van der Waals surface area contributed by atoms with E-state index in [9.17, 15) is 9.50 Å². The van der Waals surface area contributed by atoms with Gasteiger partial charge < -0.3 is 24.5 Å². The maximum atomic E-state index is 14.5. The fourth-order valence-electron chi connectivity index (χ4n) is 4.07. The number of aliphatic hydroxyl groups is 1. The summed E-state index contributed by atoms with van der Waals surface area (Å²) in [5.74, 6) is 0.443. The molecule has 29 heavy (non-hydrogen) atoms. The minimum Gasteiger partial charge on any atom is -0.392 e. The lowest BCUT2D eigenvalue weighted by Gasteiger charge is -2.37. The third-order valence-electron chi connectivity index (χ3n) is 5.90. The Kier molecular flexibility index (Phi) is 6.10. The second kappa shape index (κ2) is 8.92. The summed E-state index contributed by atoms with van der Waals surface area (Å²) in [5.41, 5.74) is 1.88. The Bertz CT molecular complexity index is 803. The van der Waals surface area contributed by atoms with Crippen LogP contribution in [-0.4, -0.2) is 67.6 Å². The first-order valence-electron chi connectivity index (χ1n) is 10.2. The molecule has 2 fully saturated rings. The molecule has 3 heterocycles. The molecule has 0 amide bonds. The van der Waals surface area contributed by atoms with Crippen molar-refractivity contribution in [3.8, 4) is 0 Å². The zero-order valence-electron chi connectivity index (χ0n) is 16.8. The van der Waals surface area contributed by atoms with Crippen LogP contribution in [0.4, 0.5) is 21.7 Å². The number of aliphatic hydroxyl groups excluding tert-OH is 1. The lowest BCUT2D eigenvalue weighted by atomic mass is 10.1. The highest BCUT2D eigenvalue weighted by Gasteiger charge is 2.23. The molecule has 156 valence electrons. The number of hydrogen-bond acceptors (Lipinski definition) is 7. The fourth-order valence-corrected chi connectivity index (χ4v) is 4.07. The summed E-state index contributed by atoms with van der Waals surface area (Å²) in [6.45, 7) is 4.49. The minimum absolute atomic E-state index is 0.285. The van der Waals surface area contributed by atoms with E-state index in [0.717, 1.165) is 50.7 Å². The van der Waals surface area contributed by atoms with Crippen molar-refractivity contribution < 1.29 is 14.2 Å². The van der Waals surface area contributed by atoms with Crippen molar-refractivity contribution in [2.24, 2.45) is 0 Å². The van der Waals surface area contributed by atoms with Gasteiger partial charge in [0.25, 0.3) is 0 Å². The molecule has 8 heteroatoms. The van der Waals surface area contributed by atoms with Gasteiger partial charge in [0, 0.05) is 51.9 Å². The quantitative estimate of drug-likeness (QED) is 0.823. The van der Waals surface area contributed by atoms with Gasteiger partial charge in [-0.25, -0.2) is 14.4 Å². The number of piperidine rings is 1. The maximum absolute atomic E-state index is 14.5. The summed E-state index contributed by atoms with van der Waals surface area (Å²) < 4.78 is 19.9. The van der Waals surface area contributed by atoms with E-state index in [1.54, 1.807) is 25.3 Å². The van der Waals surface area contributed by atoms with Crippen LogP contribution >= 0.6 is 0 Å². The van der Waals surface area contributed by atoms with Gasteiger partial charge in [0.05, 0.1) is 36.5 Å². The molecule has 1 aromatic carbocycles. The van der Waals surface area contributed by atoms with Crippen LogP contribution < -0.4 is 14.7 Å². The van der Waals surface area contributed by atoms with E-state index >= 15 is 0 Å². The van der Waals surface area contributed by atoms with Crippen molar-refractivity contribution in [3.63, 3.8) is 0 Å². The van der Waals surface area contributed by atoms with Crippen LogP contribution in [0.3, 0.4) is 0 Å². The molecule has 1 N–H and O–H groups in total.